The van der Waals surface area contributed by atoms with Gasteiger partial charge in [0.25, 0.3) is 0 Å². The summed E-state index contributed by atoms with van der Waals surface area (Å²) in [6.45, 7) is -0.218. The Hall–Kier alpha value is -1.38. The first kappa shape index (κ1) is 16.5. The molecule has 7 heteroatoms. The normalized spacial score (nSPS) is 24.0. The van der Waals surface area contributed by atoms with Crippen molar-refractivity contribution in [3.05, 3.63) is 57.1 Å². The number of nitrogens with zero attached hydrogens (tertiary/aromatic N) is 1. The molecule has 23 heavy (non-hydrogen) atoms. The van der Waals surface area contributed by atoms with Gasteiger partial charge in [-0.1, -0.05) is 42.5 Å². The van der Waals surface area contributed by atoms with Crippen molar-refractivity contribution in [2.24, 2.45) is 0 Å². The van der Waals surface area contributed by atoms with E-state index in [0.717, 1.165) is 11.1 Å². The lowest BCUT2D eigenvalue weighted by Crippen LogP contribution is -2.24. The number of hydrogen-bond donors (Lipinski definition) is 3. The van der Waals surface area contributed by atoms with E-state index in [4.69, 9.17) is 29.2 Å². The number of benzene rings is 1. The van der Waals surface area contributed by atoms with Crippen LogP contribution in [0.4, 0.5) is 0 Å². The lowest BCUT2D eigenvalue weighted by Gasteiger charge is -2.17. The highest BCUT2D eigenvalue weighted by Gasteiger charge is 2.34. The Morgan fingerprint density at radius 2 is 2.00 bits per heavy atom. The predicted molar refractivity (Wildman–Crippen MR) is 91.3 cm³/mol. The zero-order chi connectivity index (χ0) is 16.4. The number of aliphatic hydroxyl groups is 2. The molecule has 0 aliphatic carbocycles. The summed E-state index contributed by atoms with van der Waals surface area (Å²) in [5, 5.41) is 19.1. The van der Waals surface area contributed by atoms with Gasteiger partial charge < -0.3 is 19.9 Å². The second-order valence-electron chi connectivity index (χ2n) is 5.60. The Bertz CT molecular complexity index is 788. The average Bonchev–Trinajstić information content (AvgIpc) is 2.91. The molecule has 0 saturated carbocycles. The summed E-state index contributed by atoms with van der Waals surface area (Å²) in [5.74, 6) is 0. The largest absolute Gasteiger partial charge is 0.394 e. The van der Waals surface area contributed by atoms with Gasteiger partial charge in [-0.25, -0.2) is 0 Å². The van der Waals surface area contributed by atoms with Crippen molar-refractivity contribution in [2.75, 3.05) is 6.61 Å². The van der Waals surface area contributed by atoms with E-state index in [1.165, 1.54) is 0 Å². The van der Waals surface area contributed by atoms with E-state index in [9.17, 15) is 10.2 Å². The smallest absolute Gasteiger partial charge is 0.180 e. The van der Waals surface area contributed by atoms with E-state index in [1.54, 1.807) is 4.57 Å². The molecule has 2 heterocycles. The highest BCUT2D eigenvalue weighted by Crippen LogP contribution is 2.29. The highest BCUT2D eigenvalue weighted by atomic mass is 32.1. The maximum atomic E-state index is 9.91. The molecule has 122 valence electrons. The Morgan fingerprint density at radius 3 is 2.65 bits per heavy atom. The van der Waals surface area contributed by atoms with Gasteiger partial charge in [0.2, 0.25) is 0 Å². The van der Waals surface area contributed by atoms with Crippen LogP contribution in [0.3, 0.4) is 0 Å². The second-order valence-corrected chi connectivity index (χ2v) is 6.39. The van der Waals surface area contributed by atoms with Crippen LogP contribution < -0.4 is 0 Å². The number of aromatic nitrogens is 2. The van der Waals surface area contributed by atoms with Crippen LogP contribution in [0.5, 0.6) is 0 Å². The molecule has 5 nitrogen and oxygen atoms in total. The van der Waals surface area contributed by atoms with Gasteiger partial charge in [-0.05, 0) is 17.8 Å². The van der Waals surface area contributed by atoms with Crippen LogP contribution in [-0.4, -0.2) is 38.6 Å². The van der Waals surface area contributed by atoms with Crippen LogP contribution in [-0.2, 0) is 11.2 Å². The molecule has 0 radical (unpaired) electrons. The Kier molecular flexibility index (Phi) is 5.03. The van der Waals surface area contributed by atoms with Crippen LogP contribution in [0, 0.1) is 9.41 Å². The first-order valence-electron chi connectivity index (χ1n) is 7.41. The SMILES string of the molecule is OC[C@@H]1O[C@H](n2cc(Cc3ccccc3)c(=S)[nH]c2=S)C[C@H]1O. The van der Waals surface area contributed by atoms with Crippen LogP contribution in [0.2, 0.25) is 0 Å². The van der Waals surface area contributed by atoms with E-state index in [2.05, 4.69) is 4.98 Å². The molecule has 3 atom stereocenters. The van der Waals surface area contributed by atoms with Gasteiger partial charge in [0, 0.05) is 24.6 Å². The third-order valence-corrected chi connectivity index (χ3v) is 4.65. The summed E-state index contributed by atoms with van der Waals surface area (Å²) >= 11 is 10.7. The Morgan fingerprint density at radius 1 is 1.26 bits per heavy atom. The molecule has 1 aliphatic rings. The molecule has 0 bridgehead atoms. The van der Waals surface area contributed by atoms with Gasteiger partial charge in [0.05, 0.1) is 12.7 Å². The van der Waals surface area contributed by atoms with Gasteiger partial charge in [0.1, 0.15) is 17.0 Å². The molecule has 0 unspecified atom stereocenters. The highest BCUT2D eigenvalue weighted by molar-refractivity contribution is 7.72. The van der Waals surface area contributed by atoms with Crippen molar-refractivity contribution in [1.29, 1.82) is 0 Å². The van der Waals surface area contributed by atoms with Crippen LogP contribution >= 0.6 is 24.4 Å². The Labute approximate surface area is 144 Å². The standard InChI is InChI=1S/C16H18N2O3S2/c19-9-13-12(20)7-14(21-13)18-8-11(15(22)17-16(18)23)6-10-4-2-1-3-5-10/h1-5,8,12-14,19-20H,6-7,9H2,(H,17,22,23)/t12-,13+,14+/m1/s1. The minimum atomic E-state index is -0.701. The van der Waals surface area contributed by atoms with Crippen molar-refractivity contribution in [3.63, 3.8) is 0 Å². The van der Waals surface area contributed by atoms with Crippen molar-refractivity contribution < 1.29 is 14.9 Å². The summed E-state index contributed by atoms with van der Waals surface area (Å²) < 4.78 is 8.49. The van der Waals surface area contributed by atoms with Crippen LogP contribution in [0.25, 0.3) is 0 Å². The van der Waals surface area contributed by atoms with Gasteiger partial charge in [-0.3, -0.25) is 4.57 Å². The lowest BCUT2D eigenvalue weighted by molar-refractivity contribution is -0.0453. The first-order valence-corrected chi connectivity index (χ1v) is 8.23. The summed E-state index contributed by atoms with van der Waals surface area (Å²) in [7, 11) is 0. The lowest BCUT2D eigenvalue weighted by atomic mass is 10.1. The average molecular weight is 350 g/mol. The van der Waals surface area contributed by atoms with Crippen molar-refractivity contribution in [1.82, 2.24) is 9.55 Å². The van der Waals surface area contributed by atoms with Gasteiger partial charge >= 0.3 is 0 Å². The fourth-order valence-electron chi connectivity index (χ4n) is 2.73. The topological polar surface area (TPSA) is 70.4 Å². The molecule has 1 saturated heterocycles. The molecule has 2 aromatic rings. The fraction of sp³-hybridized carbons (Fsp3) is 0.375. The maximum absolute atomic E-state index is 9.91. The first-order chi connectivity index (χ1) is 11.1. The summed E-state index contributed by atoms with van der Waals surface area (Å²) in [4.78, 5) is 3.02. The third kappa shape index (κ3) is 3.59. The van der Waals surface area contributed by atoms with Gasteiger partial charge in [-0.15, -0.1) is 0 Å². The molecule has 0 spiro atoms. The number of nitrogens with one attached hydrogen (secondary N) is 1. The zero-order valence-electron chi connectivity index (χ0n) is 12.4. The Balaban J connectivity index is 1.92. The van der Waals surface area contributed by atoms with E-state index in [0.29, 0.717) is 22.3 Å². The molecule has 0 amide bonds. The van der Waals surface area contributed by atoms with E-state index >= 15 is 0 Å². The molecule has 3 rings (SSSR count). The van der Waals surface area contributed by atoms with E-state index < -0.39 is 18.4 Å². The van der Waals surface area contributed by atoms with Gasteiger partial charge in [-0.2, -0.15) is 0 Å². The molecular weight excluding hydrogens is 332 g/mol. The molecular formula is C16H18N2O3S2. The van der Waals surface area contributed by atoms with E-state index in [1.807, 2.05) is 36.5 Å². The fourth-order valence-corrected chi connectivity index (χ4v) is 3.29. The quantitative estimate of drug-likeness (QED) is 0.739. The maximum Gasteiger partial charge on any atom is 0.180 e. The molecule has 3 N–H and O–H groups in total. The number of rotatable bonds is 4. The molecule has 1 aromatic carbocycles. The summed E-state index contributed by atoms with van der Waals surface area (Å²) in [5.41, 5.74) is 2.08. The zero-order valence-corrected chi connectivity index (χ0v) is 14.0. The van der Waals surface area contributed by atoms with E-state index in [-0.39, 0.29) is 6.61 Å². The number of ether oxygens (including phenoxy) is 1. The third-order valence-electron chi connectivity index (χ3n) is 3.97. The summed E-state index contributed by atoms with van der Waals surface area (Å²) in [6.07, 6.45) is 1.26. The predicted octanol–water partition coefficient (Wildman–Crippen LogP) is 2.51. The van der Waals surface area contributed by atoms with Crippen molar-refractivity contribution in [2.45, 2.75) is 31.3 Å². The number of aromatic amines is 1. The van der Waals surface area contributed by atoms with Crippen molar-refractivity contribution in [3.8, 4) is 0 Å². The van der Waals surface area contributed by atoms with Crippen molar-refractivity contribution >= 4 is 24.4 Å². The number of H-pyrrole nitrogens is 1. The van der Waals surface area contributed by atoms with Crippen LogP contribution in [0.15, 0.2) is 36.5 Å². The van der Waals surface area contributed by atoms with Gasteiger partial charge in [0.15, 0.2) is 4.77 Å². The monoisotopic (exact) mass is 350 g/mol. The summed E-state index contributed by atoms with van der Waals surface area (Å²) in [6, 6.07) is 10.0. The van der Waals surface area contributed by atoms with Crippen LogP contribution in [0.1, 0.15) is 23.8 Å². The minimum Gasteiger partial charge on any atom is -0.394 e. The minimum absolute atomic E-state index is 0.218. The molecule has 1 fully saturated rings. The number of aliphatic hydroxyl groups excluding tert-OH is 2. The molecule has 1 aromatic heterocycles. The number of hydrogen-bond acceptors (Lipinski definition) is 5. The molecule has 1 aliphatic heterocycles. The second kappa shape index (κ2) is 7.02.